The zero-order chi connectivity index (χ0) is 20.6. The molecule has 1 fully saturated rings. The molecule has 1 aromatic heterocycles. The lowest BCUT2D eigenvalue weighted by molar-refractivity contribution is -0.142. The Balaban J connectivity index is 1.44. The van der Waals surface area contributed by atoms with Crippen LogP contribution in [0.15, 0.2) is 29.6 Å². The Labute approximate surface area is 173 Å². The third kappa shape index (κ3) is 6.01. The first kappa shape index (κ1) is 20.8. The minimum Gasteiger partial charge on any atom is -0.466 e. The molecule has 1 aliphatic heterocycles. The van der Waals surface area contributed by atoms with Gasteiger partial charge >= 0.3 is 5.97 Å². The molecule has 1 saturated heterocycles. The summed E-state index contributed by atoms with van der Waals surface area (Å²) in [4.78, 5) is 32.4. The number of aromatic nitrogens is 1. The molecule has 2 heterocycles. The second-order valence-corrected chi connectivity index (χ2v) is 7.46. The van der Waals surface area contributed by atoms with Gasteiger partial charge in [-0.25, -0.2) is 4.98 Å². The Bertz CT molecular complexity index is 900. The van der Waals surface area contributed by atoms with Crippen molar-refractivity contribution in [3.05, 3.63) is 40.9 Å². The zero-order valence-corrected chi connectivity index (χ0v) is 17.1. The van der Waals surface area contributed by atoms with Crippen LogP contribution in [0.5, 0.6) is 0 Å². The molecule has 0 radical (unpaired) electrons. The quantitative estimate of drug-likeness (QED) is 0.692. The molecular formula is C20H23N5O3S. The maximum Gasteiger partial charge on any atom is 0.311 e. The van der Waals surface area contributed by atoms with E-state index in [4.69, 9.17) is 10.00 Å². The molecule has 0 bridgehead atoms. The molecule has 0 spiro atoms. The van der Waals surface area contributed by atoms with Gasteiger partial charge in [0, 0.05) is 37.2 Å². The smallest absolute Gasteiger partial charge is 0.311 e. The number of thiazole rings is 1. The minimum absolute atomic E-state index is 0.106. The number of carbonyl (C=O) groups excluding carboxylic acids is 2. The second kappa shape index (κ2) is 10.0. The molecule has 0 unspecified atom stereocenters. The average molecular weight is 414 g/mol. The van der Waals surface area contributed by atoms with Crippen LogP contribution in [0.25, 0.3) is 0 Å². The topological polar surface area (TPSA) is 98.6 Å². The van der Waals surface area contributed by atoms with E-state index >= 15 is 0 Å². The van der Waals surface area contributed by atoms with Crippen molar-refractivity contribution < 1.29 is 14.3 Å². The molecule has 2 aromatic rings. The lowest BCUT2D eigenvalue weighted by atomic mass is 10.2. The fraction of sp³-hybridized carbons (Fsp3) is 0.400. The van der Waals surface area contributed by atoms with E-state index in [1.165, 1.54) is 11.3 Å². The number of anilines is 2. The number of nitrogens with one attached hydrogen (secondary N) is 1. The molecule has 0 aliphatic carbocycles. The Morgan fingerprint density at radius 1 is 1.31 bits per heavy atom. The molecule has 0 saturated carbocycles. The van der Waals surface area contributed by atoms with Crippen LogP contribution in [0, 0.1) is 11.3 Å². The maximum atomic E-state index is 12.3. The normalized spacial score (nSPS) is 14.3. The Hall–Kier alpha value is -2.96. The number of hydrogen-bond acceptors (Lipinski definition) is 8. The summed E-state index contributed by atoms with van der Waals surface area (Å²) >= 11 is 1.30. The lowest BCUT2D eigenvalue weighted by Gasteiger charge is -2.35. The zero-order valence-electron chi connectivity index (χ0n) is 16.3. The average Bonchev–Trinajstić information content (AvgIpc) is 3.15. The van der Waals surface area contributed by atoms with E-state index in [9.17, 15) is 9.59 Å². The number of piperazine rings is 1. The minimum atomic E-state index is -0.325. The highest BCUT2D eigenvalue weighted by Gasteiger charge is 2.20. The molecule has 1 aromatic carbocycles. The first-order chi connectivity index (χ1) is 14.1. The molecule has 0 atom stereocenters. The van der Waals surface area contributed by atoms with Crippen molar-refractivity contribution in [2.75, 3.05) is 49.5 Å². The van der Waals surface area contributed by atoms with Crippen LogP contribution < -0.4 is 10.2 Å². The summed E-state index contributed by atoms with van der Waals surface area (Å²) in [6.45, 7) is 5.49. The monoisotopic (exact) mass is 413 g/mol. The van der Waals surface area contributed by atoms with Crippen molar-refractivity contribution >= 4 is 34.0 Å². The molecule has 9 heteroatoms. The molecule has 1 N–H and O–H groups in total. The van der Waals surface area contributed by atoms with Crippen molar-refractivity contribution in [1.29, 1.82) is 5.26 Å². The van der Waals surface area contributed by atoms with E-state index in [1.807, 2.05) is 18.2 Å². The predicted octanol–water partition coefficient (Wildman–Crippen LogP) is 1.88. The number of ether oxygens (including phenoxy) is 1. The first-order valence-corrected chi connectivity index (χ1v) is 10.3. The highest BCUT2D eigenvalue weighted by Crippen LogP contribution is 2.19. The van der Waals surface area contributed by atoms with Gasteiger partial charge in [-0.1, -0.05) is 6.07 Å². The largest absolute Gasteiger partial charge is 0.466 e. The number of hydrogen-bond donors (Lipinski definition) is 1. The molecule has 1 amide bonds. The number of esters is 1. The van der Waals surface area contributed by atoms with Gasteiger partial charge in [-0.05, 0) is 25.1 Å². The van der Waals surface area contributed by atoms with Gasteiger partial charge < -0.3 is 15.0 Å². The third-order valence-corrected chi connectivity index (χ3v) is 5.32. The molecular weight excluding hydrogens is 390 g/mol. The van der Waals surface area contributed by atoms with Crippen molar-refractivity contribution in [3.63, 3.8) is 0 Å². The van der Waals surface area contributed by atoms with Gasteiger partial charge in [0.15, 0.2) is 5.13 Å². The van der Waals surface area contributed by atoms with Crippen LogP contribution in [0.4, 0.5) is 10.8 Å². The lowest BCUT2D eigenvalue weighted by Crippen LogP contribution is -2.48. The van der Waals surface area contributed by atoms with Crippen molar-refractivity contribution in [2.24, 2.45) is 0 Å². The predicted molar refractivity (Wildman–Crippen MR) is 111 cm³/mol. The van der Waals surface area contributed by atoms with E-state index < -0.39 is 0 Å². The van der Waals surface area contributed by atoms with Gasteiger partial charge in [0.05, 0.1) is 36.9 Å². The number of nitrogens with zero attached hydrogens (tertiary/aromatic N) is 4. The highest BCUT2D eigenvalue weighted by atomic mass is 32.1. The Kier molecular flexibility index (Phi) is 7.16. The van der Waals surface area contributed by atoms with E-state index in [2.05, 4.69) is 26.2 Å². The van der Waals surface area contributed by atoms with Crippen LogP contribution in [0.2, 0.25) is 0 Å². The summed E-state index contributed by atoms with van der Waals surface area (Å²) in [7, 11) is 0. The standard InChI is InChI=1S/C20H23N5O3S/c1-2-28-19(27)11-16-14-29-20(22-16)23-18(26)13-24-6-8-25(9-7-24)17-5-3-4-15(10-17)12-21/h3-5,10,14H,2,6-9,11,13H2,1H3,(H,22,23,26). The number of nitriles is 1. The van der Waals surface area contributed by atoms with Gasteiger partial charge in [0.1, 0.15) is 0 Å². The number of carbonyl (C=O) groups is 2. The van der Waals surface area contributed by atoms with Crippen LogP contribution in [-0.2, 0) is 20.7 Å². The first-order valence-electron chi connectivity index (χ1n) is 9.44. The summed E-state index contributed by atoms with van der Waals surface area (Å²) in [6, 6.07) is 9.73. The van der Waals surface area contributed by atoms with E-state index in [1.54, 1.807) is 18.4 Å². The van der Waals surface area contributed by atoms with Crippen LogP contribution in [-0.4, -0.2) is 61.1 Å². The van der Waals surface area contributed by atoms with E-state index in [0.29, 0.717) is 29.5 Å². The summed E-state index contributed by atoms with van der Waals surface area (Å²) in [5, 5.41) is 14.1. The third-order valence-electron chi connectivity index (χ3n) is 4.51. The van der Waals surface area contributed by atoms with E-state index in [-0.39, 0.29) is 18.3 Å². The maximum absolute atomic E-state index is 12.3. The van der Waals surface area contributed by atoms with Crippen molar-refractivity contribution in [3.8, 4) is 6.07 Å². The molecule has 3 rings (SSSR count). The number of amides is 1. The summed E-state index contributed by atoms with van der Waals surface area (Å²) in [6.07, 6.45) is 0.106. The number of benzene rings is 1. The van der Waals surface area contributed by atoms with Crippen LogP contribution in [0.1, 0.15) is 18.2 Å². The van der Waals surface area contributed by atoms with Crippen molar-refractivity contribution in [2.45, 2.75) is 13.3 Å². The molecule has 29 heavy (non-hydrogen) atoms. The Morgan fingerprint density at radius 2 is 2.10 bits per heavy atom. The van der Waals surface area contributed by atoms with Crippen LogP contribution >= 0.6 is 11.3 Å². The van der Waals surface area contributed by atoms with Gasteiger partial charge in [-0.15, -0.1) is 11.3 Å². The van der Waals surface area contributed by atoms with Crippen LogP contribution in [0.3, 0.4) is 0 Å². The van der Waals surface area contributed by atoms with Gasteiger partial charge in [-0.2, -0.15) is 5.26 Å². The molecule has 8 nitrogen and oxygen atoms in total. The SMILES string of the molecule is CCOC(=O)Cc1csc(NC(=O)CN2CCN(c3cccc(C#N)c3)CC2)n1. The van der Waals surface area contributed by atoms with Crippen molar-refractivity contribution in [1.82, 2.24) is 9.88 Å². The molecule has 152 valence electrons. The fourth-order valence-electron chi connectivity index (χ4n) is 3.10. The summed E-state index contributed by atoms with van der Waals surface area (Å²) < 4.78 is 4.90. The number of rotatable bonds is 7. The summed E-state index contributed by atoms with van der Waals surface area (Å²) in [5.74, 6) is -0.448. The Morgan fingerprint density at radius 3 is 2.83 bits per heavy atom. The summed E-state index contributed by atoms with van der Waals surface area (Å²) in [5.41, 5.74) is 2.28. The van der Waals surface area contributed by atoms with Gasteiger partial charge in [0.25, 0.3) is 0 Å². The molecule has 1 aliphatic rings. The highest BCUT2D eigenvalue weighted by molar-refractivity contribution is 7.13. The van der Waals surface area contributed by atoms with E-state index in [0.717, 1.165) is 31.9 Å². The van der Waals surface area contributed by atoms with Gasteiger partial charge in [-0.3, -0.25) is 14.5 Å². The second-order valence-electron chi connectivity index (χ2n) is 6.60. The van der Waals surface area contributed by atoms with Gasteiger partial charge in [0.2, 0.25) is 5.91 Å². The fourth-order valence-corrected chi connectivity index (χ4v) is 3.83.